The maximum atomic E-state index is 13.2. The number of piperidine rings is 1. The lowest BCUT2D eigenvalue weighted by Crippen LogP contribution is -2.43. The molecule has 1 amide bonds. The lowest BCUT2D eigenvalue weighted by atomic mass is 10.0. The van der Waals surface area contributed by atoms with Crippen LogP contribution in [0.2, 0.25) is 0 Å². The standard InChI is InChI=1S/C25H29N3O6S2/c1-4-18-8-5-6-15-28(18)36(31,32)19-13-11-17(12-14-19)24(30)26-25-27(16-22(29)34-3)23-20(33-2)9-7-10-21(23)35-25/h7,9-14,18H,4-6,8,15-16H2,1-3H3. The van der Waals surface area contributed by atoms with E-state index in [1.807, 2.05) is 19.1 Å². The lowest BCUT2D eigenvalue weighted by molar-refractivity contribution is -0.141. The molecule has 0 radical (unpaired) electrons. The van der Waals surface area contributed by atoms with Gasteiger partial charge < -0.3 is 14.0 Å². The second kappa shape index (κ2) is 10.9. The van der Waals surface area contributed by atoms with Crippen molar-refractivity contribution in [2.45, 2.75) is 50.1 Å². The van der Waals surface area contributed by atoms with Crippen molar-refractivity contribution >= 4 is 43.5 Å². The Hall–Kier alpha value is -3.02. The molecule has 4 rings (SSSR count). The number of carbonyl (C=O) groups excluding carboxylic acids is 2. The number of hydrogen-bond donors (Lipinski definition) is 0. The molecule has 11 heteroatoms. The summed E-state index contributed by atoms with van der Waals surface area (Å²) < 4.78 is 40.7. The third kappa shape index (κ3) is 5.09. The zero-order valence-electron chi connectivity index (χ0n) is 20.5. The van der Waals surface area contributed by atoms with E-state index in [1.165, 1.54) is 49.8 Å². The van der Waals surface area contributed by atoms with E-state index >= 15 is 0 Å². The molecule has 1 aliphatic rings. The molecule has 1 aliphatic heterocycles. The molecule has 0 saturated carbocycles. The number of rotatable bonds is 7. The molecule has 2 aromatic carbocycles. The Labute approximate surface area is 214 Å². The summed E-state index contributed by atoms with van der Waals surface area (Å²) in [6.07, 6.45) is 3.49. The van der Waals surface area contributed by atoms with Crippen molar-refractivity contribution in [1.82, 2.24) is 8.87 Å². The van der Waals surface area contributed by atoms with Gasteiger partial charge in [0.15, 0.2) is 4.80 Å². The first-order valence-electron chi connectivity index (χ1n) is 11.7. The molecule has 0 N–H and O–H groups in total. The molecule has 192 valence electrons. The number of esters is 1. The minimum Gasteiger partial charge on any atom is -0.495 e. The molecule has 1 atom stereocenters. The van der Waals surface area contributed by atoms with Crippen molar-refractivity contribution in [3.05, 3.63) is 52.8 Å². The molecular formula is C25H29N3O6S2. The van der Waals surface area contributed by atoms with Gasteiger partial charge >= 0.3 is 5.97 Å². The summed E-state index contributed by atoms with van der Waals surface area (Å²) in [5.41, 5.74) is 0.879. The predicted octanol–water partition coefficient (Wildman–Crippen LogP) is 3.58. The fourth-order valence-electron chi connectivity index (χ4n) is 4.44. The van der Waals surface area contributed by atoms with Crippen LogP contribution < -0.4 is 9.54 Å². The average Bonchev–Trinajstić information content (AvgIpc) is 3.25. The van der Waals surface area contributed by atoms with Crippen molar-refractivity contribution in [1.29, 1.82) is 0 Å². The van der Waals surface area contributed by atoms with Gasteiger partial charge in [-0.3, -0.25) is 9.59 Å². The van der Waals surface area contributed by atoms with Crippen molar-refractivity contribution in [2.75, 3.05) is 20.8 Å². The smallest absolute Gasteiger partial charge is 0.325 e. The number of sulfonamides is 1. The van der Waals surface area contributed by atoms with Gasteiger partial charge in [0.1, 0.15) is 17.8 Å². The Balaban J connectivity index is 1.69. The van der Waals surface area contributed by atoms with Crippen LogP contribution >= 0.6 is 11.3 Å². The molecule has 9 nitrogen and oxygen atoms in total. The number of aromatic nitrogens is 1. The molecule has 36 heavy (non-hydrogen) atoms. The first kappa shape index (κ1) is 26.1. The molecule has 0 bridgehead atoms. The van der Waals surface area contributed by atoms with Crippen molar-refractivity contribution in [3.8, 4) is 5.75 Å². The van der Waals surface area contributed by atoms with E-state index in [2.05, 4.69) is 4.99 Å². The number of para-hydroxylation sites is 1. The number of thiazole rings is 1. The summed E-state index contributed by atoms with van der Waals surface area (Å²) in [7, 11) is -0.831. The van der Waals surface area contributed by atoms with Gasteiger partial charge in [-0.25, -0.2) is 8.42 Å². The Morgan fingerprint density at radius 3 is 2.53 bits per heavy atom. The van der Waals surface area contributed by atoms with Crippen LogP contribution in [0, 0.1) is 0 Å². The molecule has 0 spiro atoms. The maximum Gasteiger partial charge on any atom is 0.325 e. The Morgan fingerprint density at radius 2 is 1.86 bits per heavy atom. The number of ether oxygens (including phenoxy) is 2. The first-order valence-corrected chi connectivity index (χ1v) is 14.0. The second-order valence-electron chi connectivity index (χ2n) is 8.47. The number of methoxy groups -OCH3 is 2. The van der Waals surface area contributed by atoms with E-state index < -0.39 is 21.9 Å². The Morgan fingerprint density at radius 1 is 1.11 bits per heavy atom. The highest BCUT2D eigenvalue weighted by Crippen LogP contribution is 2.28. The van der Waals surface area contributed by atoms with Crippen LogP contribution in [-0.2, 0) is 26.1 Å². The quantitative estimate of drug-likeness (QED) is 0.432. The van der Waals surface area contributed by atoms with Gasteiger partial charge in [-0.2, -0.15) is 9.30 Å². The van der Waals surface area contributed by atoms with Crippen molar-refractivity contribution in [2.24, 2.45) is 4.99 Å². The Kier molecular flexibility index (Phi) is 7.91. The number of benzene rings is 2. The number of carbonyl (C=O) groups is 2. The summed E-state index contributed by atoms with van der Waals surface area (Å²) in [5.74, 6) is -0.501. The van der Waals surface area contributed by atoms with E-state index in [9.17, 15) is 18.0 Å². The highest BCUT2D eigenvalue weighted by molar-refractivity contribution is 7.89. The minimum atomic E-state index is -3.65. The third-order valence-electron chi connectivity index (χ3n) is 6.35. The number of fused-ring (bicyclic) bond motifs is 1. The molecule has 2 heterocycles. The summed E-state index contributed by atoms with van der Waals surface area (Å²) >= 11 is 1.24. The summed E-state index contributed by atoms with van der Waals surface area (Å²) in [5, 5.41) is 0. The molecular weight excluding hydrogens is 502 g/mol. The zero-order valence-corrected chi connectivity index (χ0v) is 22.1. The van der Waals surface area contributed by atoms with Gasteiger partial charge in [-0.15, -0.1) is 0 Å². The largest absolute Gasteiger partial charge is 0.495 e. The molecule has 1 aromatic heterocycles. The van der Waals surface area contributed by atoms with Crippen LogP contribution in [-0.4, -0.2) is 56.0 Å². The zero-order chi connectivity index (χ0) is 25.9. The molecule has 1 fully saturated rings. The number of amides is 1. The van der Waals surface area contributed by atoms with Crippen LogP contribution in [0.3, 0.4) is 0 Å². The van der Waals surface area contributed by atoms with Crippen LogP contribution in [0.1, 0.15) is 43.0 Å². The molecule has 1 unspecified atom stereocenters. The predicted molar refractivity (Wildman–Crippen MR) is 137 cm³/mol. The van der Waals surface area contributed by atoms with E-state index in [0.29, 0.717) is 22.6 Å². The first-order chi connectivity index (χ1) is 17.3. The van der Waals surface area contributed by atoms with E-state index in [4.69, 9.17) is 9.47 Å². The normalized spacial score (nSPS) is 17.3. The molecule has 3 aromatic rings. The van der Waals surface area contributed by atoms with Gasteiger partial charge in [0.2, 0.25) is 10.0 Å². The molecule has 0 aliphatic carbocycles. The minimum absolute atomic E-state index is 0.00438. The maximum absolute atomic E-state index is 13.2. The number of nitrogens with zero attached hydrogens (tertiary/aromatic N) is 3. The third-order valence-corrected chi connectivity index (χ3v) is 9.36. The number of hydrogen-bond acceptors (Lipinski definition) is 7. The van der Waals surface area contributed by atoms with Gasteiger partial charge in [-0.05, 0) is 55.7 Å². The van der Waals surface area contributed by atoms with Crippen LogP contribution in [0.5, 0.6) is 5.75 Å². The van der Waals surface area contributed by atoms with Crippen molar-refractivity contribution < 1.29 is 27.5 Å². The highest BCUT2D eigenvalue weighted by Gasteiger charge is 2.32. The Bertz CT molecular complexity index is 1440. The SMILES string of the molecule is CCC1CCCCN1S(=O)(=O)c1ccc(C(=O)N=c2sc3cccc(OC)c3n2CC(=O)OC)cc1. The van der Waals surface area contributed by atoms with E-state index in [-0.39, 0.29) is 23.0 Å². The lowest BCUT2D eigenvalue weighted by Gasteiger charge is -2.34. The van der Waals surface area contributed by atoms with E-state index in [1.54, 1.807) is 14.9 Å². The second-order valence-corrected chi connectivity index (χ2v) is 11.4. The average molecular weight is 532 g/mol. The summed E-state index contributed by atoms with van der Waals surface area (Å²) in [6, 6.07) is 11.3. The fourth-order valence-corrected chi connectivity index (χ4v) is 7.26. The molecule has 1 saturated heterocycles. The summed E-state index contributed by atoms with van der Waals surface area (Å²) in [4.78, 5) is 29.8. The van der Waals surface area contributed by atoms with Gasteiger partial charge in [0.05, 0.1) is 23.8 Å². The fraction of sp³-hybridized carbons (Fsp3) is 0.400. The van der Waals surface area contributed by atoms with Gasteiger partial charge in [0.25, 0.3) is 5.91 Å². The van der Waals surface area contributed by atoms with E-state index in [0.717, 1.165) is 30.4 Å². The highest BCUT2D eigenvalue weighted by atomic mass is 32.2. The monoisotopic (exact) mass is 531 g/mol. The van der Waals surface area contributed by atoms with Gasteiger partial charge in [0, 0.05) is 18.2 Å². The summed E-state index contributed by atoms with van der Waals surface area (Å²) in [6.45, 7) is 2.36. The van der Waals surface area contributed by atoms with Crippen LogP contribution in [0.25, 0.3) is 10.2 Å². The van der Waals surface area contributed by atoms with Crippen LogP contribution in [0.4, 0.5) is 0 Å². The van der Waals surface area contributed by atoms with Crippen LogP contribution in [0.15, 0.2) is 52.4 Å². The topological polar surface area (TPSA) is 107 Å². The van der Waals surface area contributed by atoms with Crippen molar-refractivity contribution in [3.63, 3.8) is 0 Å². The van der Waals surface area contributed by atoms with Gasteiger partial charge in [-0.1, -0.05) is 30.7 Å².